The minimum Gasteiger partial charge on any atom is -0.492 e. The van der Waals surface area contributed by atoms with Crippen molar-refractivity contribution in [3.05, 3.63) is 34.7 Å². The van der Waals surface area contributed by atoms with E-state index >= 15 is 0 Å². The van der Waals surface area contributed by atoms with E-state index in [0.717, 1.165) is 44.4 Å². The topological polar surface area (TPSA) is 68.2 Å². The maximum absolute atomic E-state index is 12.3. The van der Waals surface area contributed by atoms with Crippen LogP contribution in [0.1, 0.15) is 97.3 Å². The summed E-state index contributed by atoms with van der Waals surface area (Å²) in [5.74, 6) is 3.26. The predicted molar refractivity (Wildman–Crippen MR) is 141 cm³/mol. The van der Waals surface area contributed by atoms with Crippen LogP contribution >= 0.6 is 0 Å². The maximum Gasteiger partial charge on any atom is 0.343 e. The molecule has 6 heteroatoms. The smallest absolute Gasteiger partial charge is 0.343 e. The first-order valence-electron chi connectivity index (χ1n) is 15.0. The lowest BCUT2D eigenvalue weighted by molar-refractivity contribution is -0.133. The molecule has 0 radical (unpaired) electrons. The van der Waals surface area contributed by atoms with E-state index in [1.165, 1.54) is 51.4 Å². The molecule has 6 aliphatic rings. The third kappa shape index (κ3) is 4.27. The monoisotopic (exact) mass is 511 g/mol. The van der Waals surface area contributed by atoms with E-state index in [1.54, 1.807) is 14.0 Å². The van der Waals surface area contributed by atoms with Crippen LogP contribution in [0.25, 0.3) is 0 Å². The molecule has 2 saturated carbocycles. The summed E-state index contributed by atoms with van der Waals surface area (Å²) >= 11 is 0. The van der Waals surface area contributed by atoms with Crippen LogP contribution in [0, 0.1) is 23.2 Å². The Morgan fingerprint density at radius 2 is 1.86 bits per heavy atom. The molecule has 4 heterocycles. The van der Waals surface area contributed by atoms with Crippen molar-refractivity contribution in [2.75, 3.05) is 13.7 Å². The van der Waals surface area contributed by atoms with Crippen molar-refractivity contribution in [1.29, 1.82) is 0 Å². The van der Waals surface area contributed by atoms with Gasteiger partial charge in [0.25, 0.3) is 0 Å². The van der Waals surface area contributed by atoms with Gasteiger partial charge in [0, 0.05) is 30.5 Å². The second-order valence-corrected chi connectivity index (χ2v) is 12.7. The van der Waals surface area contributed by atoms with Crippen molar-refractivity contribution in [2.45, 2.75) is 116 Å². The van der Waals surface area contributed by atoms with Gasteiger partial charge >= 0.3 is 5.97 Å². The number of hydrogen-bond acceptors (Lipinski definition) is 6. The molecule has 6 rings (SSSR count). The third-order valence-electron chi connectivity index (χ3n) is 10.9. The Bertz CT molecular complexity index is 1010. The SMILES string of the molecule is COC1=C(C)C(=O)OC1=C1OC2=CCCN3[C@@H](CCC[C@H]3[C@@H](O)C[C@@H]3CCCCC34CCCC4)[C@H]2[C@@H]1C. The number of hydrogen-bond donors (Lipinski definition) is 1. The van der Waals surface area contributed by atoms with Gasteiger partial charge < -0.3 is 19.3 Å². The Hall–Kier alpha value is -1.79. The summed E-state index contributed by atoms with van der Waals surface area (Å²) < 4.78 is 17.6. The van der Waals surface area contributed by atoms with Gasteiger partial charge in [-0.05, 0) is 75.7 Å². The van der Waals surface area contributed by atoms with Gasteiger partial charge in [0.15, 0.2) is 11.5 Å². The molecule has 0 aromatic rings. The number of methoxy groups -OCH3 is 1. The molecule has 0 bridgehead atoms. The molecule has 0 aromatic carbocycles. The van der Waals surface area contributed by atoms with Gasteiger partial charge in [0.05, 0.1) is 18.8 Å². The minimum absolute atomic E-state index is 0.0756. The van der Waals surface area contributed by atoms with E-state index in [1.807, 2.05) is 0 Å². The molecule has 6 atom stereocenters. The van der Waals surface area contributed by atoms with E-state index in [9.17, 15) is 9.90 Å². The number of carbonyl (C=O) groups is 1. The van der Waals surface area contributed by atoms with Crippen LogP contribution < -0.4 is 0 Å². The van der Waals surface area contributed by atoms with Gasteiger partial charge in [-0.15, -0.1) is 0 Å². The number of ether oxygens (including phenoxy) is 3. The maximum atomic E-state index is 12.3. The van der Waals surface area contributed by atoms with E-state index in [2.05, 4.69) is 17.9 Å². The largest absolute Gasteiger partial charge is 0.492 e. The molecule has 204 valence electrons. The van der Waals surface area contributed by atoms with Crippen LogP contribution in [0.4, 0.5) is 0 Å². The Balaban J connectivity index is 1.23. The van der Waals surface area contributed by atoms with Crippen molar-refractivity contribution in [1.82, 2.24) is 4.90 Å². The highest BCUT2D eigenvalue weighted by molar-refractivity contribution is 5.93. The molecule has 2 aliphatic carbocycles. The molecule has 0 aromatic heterocycles. The number of aliphatic hydroxyl groups excluding tert-OH is 1. The first kappa shape index (κ1) is 25.5. The standard InChI is InChI=1S/C31H45NO5/c1-19-26-23-12-8-11-22(24(33)18-21-10-4-5-14-31(21)15-6-7-16-31)32(23)17-9-13-25(26)36-28(19)29-27(35-3)20(2)30(34)37-29/h13,19,21-24,26,33H,4-12,14-18H2,1-3H3/t19-,21-,22-,23-,24-,26+/m0/s1. The molecule has 0 amide bonds. The fourth-order valence-electron chi connectivity index (χ4n) is 9.07. The highest BCUT2D eigenvalue weighted by atomic mass is 16.6. The molecule has 1 N–H and O–H groups in total. The van der Waals surface area contributed by atoms with Crippen LogP contribution in [-0.4, -0.2) is 47.8 Å². The summed E-state index contributed by atoms with van der Waals surface area (Å²) in [6.07, 6.45) is 18.1. The van der Waals surface area contributed by atoms with Crippen LogP contribution in [-0.2, 0) is 19.0 Å². The van der Waals surface area contributed by atoms with E-state index in [0.29, 0.717) is 40.2 Å². The number of fused-ring (bicyclic) bond motifs is 3. The second kappa shape index (κ2) is 10.1. The van der Waals surface area contributed by atoms with Crippen LogP contribution in [0.5, 0.6) is 0 Å². The quantitative estimate of drug-likeness (QED) is 0.469. The van der Waals surface area contributed by atoms with Crippen molar-refractivity contribution < 1.29 is 24.1 Å². The van der Waals surface area contributed by atoms with Crippen molar-refractivity contribution in [2.24, 2.45) is 23.2 Å². The zero-order chi connectivity index (χ0) is 25.7. The number of aliphatic hydroxyl groups is 1. The number of carbonyl (C=O) groups excluding carboxylic acids is 1. The van der Waals surface area contributed by atoms with Gasteiger partial charge in [0.1, 0.15) is 5.76 Å². The van der Waals surface area contributed by atoms with Crippen molar-refractivity contribution >= 4 is 5.97 Å². The molecule has 1 spiro atoms. The molecular formula is C31H45NO5. The number of cyclic esters (lactones) is 1. The molecule has 2 saturated heterocycles. The zero-order valence-corrected chi connectivity index (χ0v) is 23.0. The van der Waals surface area contributed by atoms with E-state index in [-0.39, 0.29) is 30.0 Å². The van der Waals surface area contributed by atoms with Gasteiger partial charge in [-0.1, -0.05) is 39.0 Å². The van der Waals surface area contributed by atoms with Crippen LogP contribution in [0.15, 0.2) is 34.7 Å². The van der Waals surface area contributed by atoms with Gasteiger partial charge in [-0.2, -0.15) is 0 Å². The first-order chi connectivity index (χ1) is 17.9. The normalized spacial score (nSPS) is 38.5. The number of allylic oxidation sites excluding steroid dienone is 1. The summed E-state index contributed by atoms with van der Waals surface area (Å²) in [5.41, 5.74) is 1.01. The summed E-state index contributed by atoms with van der Waals surface area (Å²) in [5, 5.41) is 11.8. The van der Waals surface area contributed by atoms with Crippen LogP contribution in [0.3, 0.4) is 0 Å². The average Bonchev–Trinajstić information content (AvgIpc) is 3.53. The molecule has 6 nitrogen and oxygen atoms in total. The Kier molecular flexibility index (Phi) is 6.94. The summed E-state index contributed by atoms with van der Waals surface area (Å²) in [6, 6.07) is 0.548. The molecule has 4 aliphatic heterocycles. The van der Waals surface area contributed by atoms with E-state index in [4.69, 9.17) is 14.2 Å². The lowest BCUT2D eigenvalue weighted by Crippen LogP contribution is -2.55. The Morgan fingerprint density at radius 1 is 1.11 bits per heavy atom. The van der Waals surface area contributed by atoms with Gasteiger partial charge in [-0.25, -0.2) is 4.79 Å². The predicted octanol–water partition coefficient (Wildman–Crippen LogP) is 5.97. The van der Waals surface area contributed by atoms with Gasteiger partial charge in [-0.3, -0.25) is 4.90 Å². The lowest BCUT2D eigenvalue weighted by atomic mass is 9.63. The third-order valence-corrected chi connectivity index (χ3v) is 10.9. The zero-order valence-electron chi connectivity index (χ0n) is 23.0. The molecule has 4 fully saturated rings. The van der Waals surface area contributed by atoms with Crippen molar-refractivity contribution in [3.63, 3.8) is 0 Å². The number of piperidine rings is 1. The van der Waals surface area contributed by atoms with Gasteiger partial charge in [0.2, 0.25) is 5.76 Å². The summed E-state index contributed by atoms with van der Waals surface area (Å²) in [7, 11) is 1.58. The number of nitrogens with zero attached hydrogens (tertiary/aromatic N) is 1. The highest BCUT2D eigenvalue weighted by Gasteiger charge is 2.51. The second-order valence-electron chi connectivity index (χ2n) is 12.7. The Morgan fingerprint density at radius 3 is 2.62 bits per heavy atom. The molecule has 0 unspecified atom stereocenters. The highest BCUT2D eigenvalue weighted by Crippen LogP contribution is 2.55. The summed E-state index contributed by atoms with van der Waals surface area (Å²) in [6.45, 7) is 4.90. The number of esters is 1. The minimum atomic E-state index is -0.360. The first-order valence-corrected chi connectivity index (χ1v) is 15.0. The van der Waals surface area contributed by atoms with Crippen LogP contribution in [0.2, 0.25) is 0 Å². The van der Waals surface area contributed by atoms with Crippen molar-refractivity contribution in [3.8, 4) is 0 Å². The fraction of sp³-hybridized carbons (Fsp3) is 0.774. The molecular weight excluding hydrogens is 466 g/mol. The Labute approximate surface area is 222 Å². The number of rotatable bonds is 4. The molecule has 37 heavy (non-hydrogen) atoms. The fourth-order valence-corrected chi connectivity index (χ4v) is 9.07. The summed E-state index contributed by atoms with van der Waals surface area (Å²) in [4.78, 5) is 14.9. The van der Waals surface area contributed by atoms with E-state index < -0.39 is 0 Å². The average molecular weight is 512 g/mol. The lowest BCUT2D eigenvalue weighted by Gasteiger charge is -2.48.